The lowest BCUT2D eigenvalue weighted by Crippen LogP contribution is -2.30. The van der Waals surface area contributed by atoms with Gasteiger partial charge in [0, 0.05) is 18.0 Å². The first-order valence-corrected chi connectivity index (χ1v) is 3.49. The van der Waals surface area contributed by atoms with E-state index >= 15 is 0 Å². The van der Waals surface area contributed by atoms with Crippen molar-refractivity contribution in [1.29, 1.82) is 0 Å². The third-order valence-electron chi connectivity index (χ3n) is 1.22. The Bertz CT molecular complexity index is 328. The van der Waals surface area contributed by atoms with Crippen LogP contribution in [0.4, 0.5) is 0 Å². The molecule has 13 heavy (non-hydrogen) atoms. The van der Waals surface area contributed by atoms with E-state index in [1.165, 1.54) is 6.21 Å². The Labute approximate surface area is 74.8 Å². The van der Waals surface area contributed by atoms with Crippen LogP contribution >= 0.6 is 0 Å². The Hall–Kier alpha value is -2.11. The minimum atomic E-state index is -0.403. The molecule has 0 aliphatic heterocycles. The maximum Gasteiger partial charge on any atom is 0.366 e. The first-order valence-electron chi connectivity index (χ1n) is 3.49. The smallest absolute Gasteiger partial charge is 0.366 e. The van der Waals surface area contributed by atoms with Crippen molar-refractivity contribution in [3.63, 3.8) is 0 Å². The van der Waals surface area contributed by atoms with Crippen LogP contribution in [0.5, 0.6) is 0 Å². The van der Waals surface area contributed by atoms with Crippen LogP contribution in [-0.4, -0.2) is 22.0 Å². The van der Waals surface area contributed by atoms with Crippen LogP contribution < -0.4 is 11.5 Å². The van der Waals surface area contributed by atoms with E-state index in [0.29, 0.717) is 5.56 Å². The van der Waals surface area contributed by atoms with E-state index in [-0.39, 0.29) is 4.85 Å². The average Bonchev–Trinajstić information content (AvgIpc) is 2.15. The van der Waals surface area contributed by atoms with Crippen LogP contribution in [-0.2, 0) is 0 Å². The van der Waals surface area contributed by atoms with Gasteiger partial charge in [-0.25, -0.2) is 0 Å². The summed E-state index contributed by atoms with van der Waals surface area (Å²) in [4.78, 5) is 3.96. The molecule has 6 nitrogen and oxygen atoms in total. The predicted octanol–water partition coefficient (Wildman–Crippen LogP) is -0.801. The van der Waals surface area contributed by atoms with Crippen molar-refractivity contribution in [3.8, 4) is 0 Å². The Balaban J connectivity index is 2.76. The van der Waals surface area contributed by atoms with Gasteiger partial charge in [-0.05, 0) is 6.07 Å². The molecule has 1 rings (SSSR count). The molecule has 0 radical (unpaired) electrons. The van der Waals surface area contributed by atoms with Gasteiger partial charge in [0.1, 0.15) is 0 Å². The number of nitrogens with two attached hydrogens (primary N) is 2. The molecule has 1 heterocycles. The van der Waals surface area contributed by atoms with Gasteiger partial charge >= 0.3 is 5.96 Å². The minimum Gasteiger partial charge on any atom is -0.722 e. The molecular formula is C7H9N5O. The van der Waals surface area contributed by atoms with Crippen molar-refractivity contribution >= 4 is 12.2 Å². The van der Waals surface area contributed by atoms with Crippen molar-refractivity contribution in [2.75, 3.05) is 0 Å². The van der Waals surface area contributed by atoms with Crippen molar-refractivity contribution in [3.05, 3.63) is 35.3 Å². The quantitative estimate of drug-likeness (QED) is 0.204. The molecule has 1 aromatic heterocycles. The van der Waals surface area contributed by atoms with E-state index in [2.05, 4.69) is 10.1 Å². The summed E-state index contributed by atoms with van der Waals surface area (Å²) in [5.74, 6) is -0.403. The molecule has 0 bridgehead atoms. The van der Waals surface area contributed by atoms with E-state index in [4.69, 9.17) is 11.5 Å². The molecule has 0 saturated carbocycles. The first kappa shape index (κ1) is 8.98. The zero-order valence-corrected chi connectivity index (χ0v) is 6.79. The number of hydrogen-bond acceptors (Lipinski definition) is 3. The van der Waals surface area contributed by atoms with Crippen LogP contribution in [0.25, 0.3) is 0 Å². The van der Waals surface area contributed by atoms with E-state index in [9.17, 15) is 5.21 Å². The van der Waals surface area contributed by atoms with Crippen molar-refractivity contribution < 1.29 is 4.85 Å². The number of hydrogen-bond donors (Lipinski definition) is 2. The van der Waals surface area contributed by atoms with Crippen molar-refractivity contribution in [1.82, 2.24) is 4.98 Å². The normalized spacial score (nSPS) is 10.2. The van der Waals surface area contributed by atoms with E-state index < -0.39 is 5.96 Å². The molecule has 0 spiro atoms. The van der Waals surface area contributed by atoms with E-state index in [0.717, 1.165) is 0 Å². The highest BCUT2D eigenvalue weighted by atomic mass is 16.5. The van der Waals surface area contributed by atoms with E-state index in [1.807, 2.05) is 0 Å². The molecule has 0 atom stereocenters. The topological polar surface area (TPSA) is 103 Å². The summed E-state index contributed by atoms with van der Waals surface area (Å²) in [6, 6.07) is 3.48. The lowest BCUT2D eigenvalue weighted by molar-refractivity contribution is -0.463. The summed E-state index contributed by atoms with van der Waals surface area (Å²) in [7, 11) is 0. The molecule has 0 aromatic carbocycles. The average molecular weight is 179 g/mol. The molecule has 0 fully saturated rings. The van der Waals surface area contributed by atoms with Gasteiger partial charge in [-0.1, -0.05) is 6.07 Å². The Kier molecular flexibility index (Phi) is 2.80. The van der Waals surface area contributed by atoms with Crippen LogP contribution in [0, 0.1) is 5.21 Å². The SMILES string of the molecule is NC(N)=[N+]([O-])/N=C/c1cccnc1. The van der Waals surface area contributed by atoms with Crippen molar-refractivity contribution in [2.24, 2.45) is 16.6 Å². The summed E-state index contributed by atoms with van der Waals surface area (Å²) in [5, 5.41) is 14.1. The number of pyridine rings is 1. The lowest BCUT2D eigenvalue weighted by Gasteiger charge is -2.01. The van der Waals surface area contributed by atoms with Crippen LogP contribution in [0.1, 0.15) is 5.56 Å². The maximum atomic E-state index is 10.7. The molecule has 0 aliphatic rings. The highest BCUT2D eigenvalue weighted by molar-refractivity contribution is 5.78. The number of hydrazone groups is 1. The fourth-order valence-electron chi connectivity index (χ4n) is 0.638. The Morgan fingerprint density at radius 2 is 2.38 bits per heavy atom. The van der Waals surface area contributed by atoms with Crippen LogP contribution in [0.15, 0.2) is 29.6 Å². The summed E-state index contributed by atoms with van der Waals surface area (Å²) in [6.45, 7) is 0. The molecule has 0 unspecified atom stereocenters. The van der Waals surface area contributed by atoms with Gasteiger partial charge in [0.25, 0.3) is 0 Å². The third-order valence-corrected chi connectivity index (χ3v) is 1.22. The molecule has 0 amide bonds. The molecule has 6 heteroatoms. The van der Waals surface area contributed by atoms with Gasteiger partial charge in [-0.15, -0.1) is 9.95 Å². The van der Waals surface area contributed by atoms with E-state index in [1.54, 1.807) is 24.5 Å². The second-order valence-electron chi connectivity index (χ2n) is 2.23. The molecule has 0 aliphatic carbocycles. The highest BCUT2D eigenvalue weighted by Crippen LogP contribution is 1.90. The van der Waals surface area contributed by atoms with Gasteiger partial charge in [0.2, 0.25) is 0 Å². The molecule has 4 N–H and O–H groups in total. The largest absolute Gasteiger partial charge is 0.722 e. The Morgan fingerprint density at radius 1 is 1.62 bits per heavy atom. The maximum absolute atomic E-state index is 10.7. The zero-order valence-electron chi connectivity index (χ0n) is 6.79. The predicted molar refractivity (Wildman–Crippen MR) is 48.8 cm³/mol. The fourth-order valence-corrected chi connectivity index (χ4v) is 0.638. The van der Waals surface area contributed by atoms with Gasteiger partial charge in [0.15, 0.2) is 0 Å². The molecule has 68 valence electrons. The van der Waals surface area contributed by atoms with Crippen molar-refractivity contribution in [2.45, 2.75) is 0 Å². The number of guanidine groups is 1. The lowest BCUT2D eigenvalue weighted by atomic mass is 10.3. The second-order valence-corrected chi connectivity index (χ2v) is 2.23. The van der Waals surface area contributed by atoms with Gasteiger partial charge < -0.3 is 5.21 Å². The summed E-state index contributed by atoms with van der Waals surface area (Å²) in [6.07, 6.45) is 4.50. The number of rotatable bonds is 2. The van der Waals surface area contributed by atoms with Gasteiger partial charge in [-0.2, -0.15) is 0 Å². The Morgan fingerprint density at radius 3 is 2.92 bits per heavy atom. The minimum absolute atomic E-state index is 0.132. The zero-order chi connectivity index (χ0) is 9.68. The van der Waals surface area contributed by atoms with Gasteiger partial charge in [0.05, 0.1) is 6.21 Å². The van der Waals surface area contributed by atoms with Crippen LogP contribution in [0.3, 0.4) is 0 Å². The van der Waals surface area contributed by atoms with Gasteiger partial charge in [-0.3, -0.25) is 16.5 Å². The monoisotopic (exact) mass is 179 g/mol. The summed E-state index contributed by atoms with van der Waals surface area (Å²) < 4.78 is 0. The number of aromatic nitrogens is 1. The summed E-state index contributed by atoms with van der Waals surface area (Å²) >= 11 is 0. The fraction of sp³-hybridized carbons (Fsp3) is 0. The van der Waals surface area contributed by atoms with Crippen LogP contribution in [0.2, 0.25) is 0 Å². The molecule has 1 aromatic rings. The second kappa shape index (κ2) is 4.05. The molecule has 0 saturated heterocycles. The summed E-state index contributed by atoms with van der Waals surface area (Å²) in [5.41, 5.74) is 10.7. The number of nitrogens with zero attached hydrogens (tertiary/aromatic N) is 3. The first-order chi connectivity index (χ1) is 6.20. The standard InChI is InChI=1S/C7H9N5O/c8-7(9)12(13)11-5-6-2-1-3-10-4-6/h1-5H,8-9H2/b11-5+. The molecular weight excluding hydrogens is 170 g/mol. The third kappa shape index (κ3) is 2.78. The highest BCUT2D eigenvalue weighted by Gasteiger charge is 1.89.